The largest absolute Gasteiger partial charge is 0.394 e. The van der Waals surface area contributed by atoms with Gasteiger partial charge in [-0.1, -0.05) is 30.3 Å². The molecule has 0 saturated carbocycles. The van der Waals surface area contributed by atoms with Crippen molar-refractivity contribution in [2.45, 2.75) is 12.0 Å². The van der Waals surface area contributed by atoms with Crippen molar-refractivity contribution in [3.8, 4) is 0 Å². The molecule has 0 heterocycles. The van der Waals surface area contributed by atoms with Gasteiger partial charge in [0, 0.05) is 20.3 Å². The van der Waals surface area contributed by atoms with Crippen LogP contribution in [0, 0.1) is 0 Å². The Hall–Kier alpha value is -0.980. The Bertz CT molecular complexity index is 355. The summed E-state index contributed by atoms with van der Waals surface area (Å²) in [6.45, 7) is 2.88. The van der Waals surface area contributed by atoms with E-state index in [1.165, 1.54) is 0 Å². The molecule has 0 aliphatic carbocycles. The maximum atomic E-state index is 9.75. The topological polar surface area (TPSA) is 60.0 Å². The number of likely N-dealkylation sites (N-methyl/N-ethyl adjacent to an activating group) is 1. The first-order valence-corrected chi connectivity index (χ1v) is 7.29. The lowest BCUT2D eigenvalue weighted by atomic mass is 9.92. The van der Waals surface area contributed by atoms with Crippen molar-refractivity contribution < 1.29 is 19.3 Å². The molecule has 5 nitrogen and oxygen atoms in total. The summed E-state index contributed by atoms with van der Waals surface area (Å²) in [5.41, 5.74) is 0.462. The molecule has 0 aliphatic heterocycles. The maximum Gasteiger partial charge on any atom is 0.0903 e. The van der Waals surface area contributed by atoms with Gasteiger partial charge in [-0.2, -0.15) is 0 Å². The van der Waals surface area contributed by atoms with E-state index in [0.717, 1.165) is 12.0 Å². The van der Waals surface area contributed by atoms with Crippen LogP contribution in [0.1, 0.15) is 12.0 Å². The molecule has 0 saturated heterocycles. The highest BCUT2D eigenvalue weighted by Crippen LogP contribution is 2.20. The van der Waals surface area contributed by atoms with Crippen LogP contribution in [0.4, 0.5) is 0 Å². The van der Waals surface area contributed by atoms with Gasteiger partial charge in [0.1, 0.15) is 0 Å². The van der Waals surface area contributed by atoms with E-state index >= 15 is 0 Å². The fourth-order valence-corrected chi connectivity index (χ4v) is 2.03. The highest BCUT2D eigenvalue weighted by atomic mass is 16.5. The lowest BCUT2D eigenvalue weighted by molar-refractivity contribution is 0.0191. The molecular formula is C16H27NO4. The minimum Gasteiger partial charge on any atom is -0.394 e. The van der Waals surface area contributed by atoms with Gasteiger partial charge in [0.15, 0.2) is 0 Å². The van der Waals surface area contributed by atoms with Crippen LogP contribution in [0.5, 0.6) is 0 Å². The summed E-state index contributed by atoms with van der Waals surface area (Å²) < 4.78 is 16.0. The normalized spacial score (nSPS) is 14.0. The number of methoxy groups -OCH3 is 1. The van der Waals surface area contributed by atoms with Crippen molar-refractivity contribution in [3.05, 3.63) is 35.9 Å². The summed E-state index contributed by atoms with van der Waals surface area (Å²) in [6, 6.07) is 9.86. The fourth-order valence-electron chi connectivity index (χ4n) is 2.03. The number of rotatable bonds is 12. The predicted molar refractivity (Wildman–Crippen MR) is 82.4 cm³/mol. The van der Waals surface area contributed by atoms with Gasteiger partial charge in [0.2, 0.25) is 0 Å². The van der Waals surface area contributed by atoms with Gasteiger partial charge in [-0.3, -0.25) is 0 Å². The molecule has 0 aliphatic rings. The zero-order chi connectivity index (χ0) is 15.4. The van der Waals surface area contributed by atoms with Crippen LogP contribution in [0.3, 0.4) is 0 Å². The van der Waals surface area contributed by atoms with Gasteiger partial charge in [0.25, 0.3) is 0 Å². The van der Waals surface area contributed by atoms with Gasteiger partial charge in [-0.15, -0.1) is 0 Å². The Morgan fingerprint density at radius 3 is 2.38 bits per heavy atom. The van der Waals surface area contributed by atoms with Crippen molar-refractivity contribution in [3.63, 3.8) is 0 Å². The second-order valence-electron chi connectivity index (χ2n) is 4.87. The lowest BCUT2D eigenvalue weighted by Crippen LogP contribution is -2.47. The summed E-state index contributed by atoms with van der Waals surface area (Å²) >= 11 is 0. The molecule has 1 aromatic carbocycles. The summed E-state index contributed by atoms with van der Waals surface area (Å²) in [5.74, 6) is 0. The number of benzene rings is 1. The zero-order valence-corrected chi connectivity index (χ0v) is 13.0. The SMILES string of the molecule is CNC(CO)(COCCCOCCOC)c1ccccc1. The second-order valence-corrected chi connectivity index (χ2v) is 4.87. The highest BCUT2D eigenvalue weighted by molar-refractivity contribution is 5.24. The summed E-state index contributed by atoms with van der Waals surface area (Å²) in [5, 5.41) is 12.9. The van der Waals surface area contributed by atoms with E-state index in [1.54, 1.807) is 7.11 Å². The fraction of sp³-hybridized carbons (Fsp3) is 0.625. The van der Waals surface area contributed by atoms with E-state index in [0.29, 0.717) is 33.0 Å². The summed E-state index contributed by atoms with van der Waals surface area (Å²) in [7, 11) is 3.49. The zero-order valence-electron chi connectivity index (χ0n) is 13.0. The number of ether oxygens (including phenoxy) is 3. The molecule has 0 spiro atoms. The molecule has 0 bridgehead atoms. The van der Waals surface area contributed by atoms with Crippen molar-refractivity contribution in [1.82, 2.24) is 5.32 Å². The predicted octanol–water partition coefficient (Wildman–Crippen LogP) is 1.16. The van der Waals surface area contributed by atoms with E-state index in [4.69, 9.17) is 14.2 Å². The van der Waals surface area contributed by atoms with Crippen molar-refractivity contribution in [2.24, 2.45) is 0 Å². The molecular weight excluding hydrogens is 270 g/mol. The molecule has 5 heteroatoms. The molecule has 0 radical (unpaired) electrons. The highest BCUT2D eigenvalue weighted by Gasteiger charge is 2.29. The van der Waals surface area contributed by atoms with Gasteiger partial charge >= 0.3 is 0 Å². The van der Waals surface area contributed by atoms with E-state index in [1.807, 2.05) is 37.4 Å². The minimum atomic E-state index is -0.557. The Balaban J connectivity index is 2.32. The molecule has 1 aromatic rings. The summed E-state index contributed by atoms with van der Waals surface area (Å²) in [6.07, 6.45) is 0.823. The van der Waals surface area contributed by atoms with E-state index in [9.17, 15) is 5.11 Å². The number of hydrogen-bond donors (Lipinski definition) is 2. The first kappa shape index (κ1) is 18.1. The monoisotopic (exact) mass is 297 g/mol. The van der Waals surface area contributed by atoms with Crippen LogP contribution in [0.25, 0.3) is 0 Å². The van der Waals surface area contributed by atoms with Crippen molar-refractivity contribution in [1.29, 1.82) is 0 Å². The van der Waals surface area contributed by atoms with E-state index < -0.39 is 5.54 Å². The standard InChI is InChI=1S/C16H27NO4/c1-17-16(13-18,15-7-4-3-5-8-15)14-21-10-6-9-20-12-11-19-2/h3-5,7-8,17-18H,6,9-14H2,1-2H3. The van der Waals surface area contributed by atoms with Gasteiger partial charge in [-0.25, -0.2) is 0 Å². The van der Waals surface area contributed by atoms with Crippen LogP contribution < -0.4 is 5.32 Å². The third-order valence-electron chi connectivity index (χ3n) is 3.43. The number of aliphatic hydroxyl groups is 1. The molecule has 120 valence electrons. The Morgan fingerprint density at radius 1 is 1.05 bits per heavy atom. The third-order valence-corrected chi connectivity index (χ3v) is 3.43. The number of nitrogens with one attached hydrogen (secondary N) is 1. The number of hydrogen-bond acceptors (Lipinski definition) is 5. The molecule has 0 aromatic heterocycles. The average molecular weight is 297 g/mol. The first-order chi connectivity index (χ1) is 10.3. The minimum absolute atomic E-state index is 0.0160. The molecule has 0 amide bonds. The Labute approximate surface area is 127 Å². The lowest BCUT2D eigenvalue weighted by Gasteiger charge is -2.32. The quantitative estimate of drug-likeness (QED) is 0.567. The average Bonchev–Trinajstić information content (AvgIpc) is 2.55. The smallest absolute Gasteiger partial charge is 0.0903 e. The van der Waals surface area contributed by atoms with Crippen molar-refractivity contribution in [2.75, 3.05) is 53.8 Å². The molecule has 1 unspecified atom stereocenters. The van der Waals surface area contributed by atoms with E-state index in [2.05, 4.69) is 5.32 Å². The Morgan fingerprint density at radius 2 is 1.76 bits per heavy atom. The second kappa shape index (κ2) is 10.7. The number of aliphatic hydroxyl groups excluding tert-OH is 1. The van der Waals surface area contributed by atoms with Gasteiger partial charge < -0.3 is 24.6 Å². The van der Waals surface area contributed by atoms with E-state index in [-0.39, 0.29) is 6.61 Å². The third kappa shape index (κ3) is 6.11. The molecule has 1 atom stereocenters. The maximum absolute atomic E-state index is 9.75. The summed E-state index contributed by atoms with van der Waals surface area (Å²) in [4.78, 5) is 0. The van der Waals surface area contributed by atoms with Gasteiger partial charge in [-0.05, 0) is 19.0 Å². The molecule has 2 N–H and O–H groups in total. The Kier molecular flexibility index (Phi) is 9.21. The van der Waals surface area contributed by atoms with Crippen LogP contribution >= 0.6 is 0 Å². The van der Waals surface area contributed by atoms with Crippen molar-refractivity contribution >= 4 is 0 Å². The van der Waals surface area contributed by atoms with Crippen LogP contribution in [-0.4, -0.2) is 58.9 Å². The molecule has 1 rings (SSSR count). The van der Waals surface area contributed by atoms with Crippen LogP contribution in [-0.2, 0) is 19.7 Å². The first-order valence-electron chi connectivity index (χ1n) is 7.29. The molecule has 21 heavy (non-hydrogen) atoms. The molecule has 0 fully saturated rings. The van der Waals surface area contributed by atoms with Crippen LogP contribution in [0.15, 0.2) is 30.3 Å². The van der Waals surface area contributed by atoms with Crippen LogP contribution in [0.2, 0.25) is 0 Å². The van der Waals surface area contributed by atoms with Gasteiger partial charge in [0.05, 0.1) is 32.0 Å².